The van der Waals surface area contributed by atoms with Crippen molar-refractivity contribution in [3.8, 4) is 5.75 Å². The Hall–Kier alpha value is -2.58. The Balaban J connectivity index is 1.25. The number of aromatic nitrogens is 2. The van der Waals surface area contributed by atoms with E-state index in [0.29, 0.717) is 16.8 Å². The monoisotopic (exact) mass is 485 g/mol. The number of nitrogens with one attached hydrogen (secondary N) is 1. The van der Waals surface area contributed by atoms with Gasteiger partial charge in [0.1, 0.15) is 17.7 Å². The van der Waals surface area contributed by atoms with E-state index >= 15 is 0 Å². The summed E-state index contributed by atoms with van der Waals surface area (Å²) < 4.78 is 6.27. The van der Waals surface area contributed by atoms with E-state index in [1.54, 1.807) is 7.05 Å². The lowest BCUT2D eigenvalue weighted by atomic mass is 9.95. The van der Waals surface area contributed by atoms with Crippen LogP contribution in [0, 0.1) is 5.92 Å². The van der Waals surface area contributed by atoms with Crippen molar-refractivity contribution in [1.29, 1.82) is 0 Å². The van der Waals surface area contributed by atoms with Crippen molar-refractivity contribution >= 4 is 23.4 Å². The number of halogens is 1. The predicted molar refractivity (Wildman–Crippen MR) is 137 cm³/mol. The molecule has 0 unspecified atom stereocenters. The molecule has 0 bridgehead atoms. The number of hydrogen-bond donors (Lipinski definition) is 2. The highest BCUT2D eigenvalue weighted by molar-refractivity contribution is 6.32. The van der Waals surface area contributed by atoms with Crippen LogP contribution in [0.5, 0.6) is 5.75 Å². The molecule has 2 aliphatic heterocycles. The van der Waals surface area contributed by atoms with Crippen LogP contribution in [0.3, 0.4) is 0 Å². The largest absolute Gasteiger partial charge is 0.489 e. The summed E-state index contributed by atoms with van der Waals surface area (Å²) in [6, 6.07) is 6.18. The van der Waals surface area contributed by atoms with Crippen molar-refractivity contribution in [3.05, 3.63) is 46.7 Å². The van der Waals surface area contributed by atoms with Crippen molar-refractivity contribution in [2.45, 2.75) is 51.7 Å². The van der Waals surface area contributed by atoms with Crippen molar-refractivity contribution in [2.24, 2.45) is 16.8 Å². The Morgan fingerprint density at radius 2 is 1.82 bits per heavy atom. The van der Waals surface area contributed by atoms with Crippen molar-refractivity contribution in [1.82, 2.24) is 20.3 Å². The summed E-state index contributed by atoms with van der Waals surface area (Å²) in [4.78, 5) is 13.7. The number of ether oxygens (including phenoxy) is 1. The Morgan fingerprint density at radius 1 is 1.12 bits per heavy atom. The quantitative estimate of drug-likeness (QED) is 0.336. The molecule has 2 aliphatic rings. The second kappa shape index (κ2) is 11.7. The fraction of sp³-hybridized carbons (Fsp3) is 0.560. The molecule has 9 heteroatoms. The van der Waals surface area contributed by atoms with Crippen LogP contribution in [-0.2, 0) is 13.0 Å². The van der Waals surface area contributed by atoms with Gasteiger partial charge in [0.15, 0.2) is 0 Å². The SMILES string of the molecule is CCc1cnc(N2CCC(Oc3ccc(CN4CCC(/C(N)=N/NC)CC4)cc3Cl)CC2)nc1. The third-order valence-electron chi connectivity index (χ3n) is 6.77. The minimum absolute atomic E-state index is 0.151. The zero-order chi connectivity index (χ0) is 23.9. The normalized spacial score (nSPS) is 18.8. The second-order valence-electron chi connectivity index (χ2n) is 9.12. The molecule has 3 N–H and O–H groups in total. The maximum atomic E-state index is 6.61. The van der Waals surface area contributed by atoms with Gasteiger partial charge in [-0.25, -0.2) is 9.97 Å². The van der Waals surface area contributed by atoms with E-state index in [4.69, 9.17) is 22.1 Å². The molecule has 0 spiro atoms. The molecule has 0 radical (unpaired) electrons. The number of benzene rings is 1. The van der Waals surface area contributed by atoms with Gasteiger partial charge in [0.25, 0.3) is 0 Å². The lowest BCUT2D eigenvalue weighted by molar-refractivity contribution is 0.170. The first-order valence-corrected chi connectivity index (χ1v) is 12.7. The van der Waals surface area contributed by atoms with E-state index in [0.717, 1.165) is 82.1 Å². The molecule has 8 nitrogen and oxygen atoms in total. The first kappa shape index (κ1) is 24.5. The van der Waals surface area contributed by atoms with Crippen molar-refractivity contribution in [3.63, 3.8) is 0 Å². The number of piperidine rings is 2. The van der Waals surface area contributed by atoms with E-state index in [9.17, 15) is 0 Å². The summed E-state index contributed by atoms with van der Waals surface area (Å²) in [5.41, 5.74) is 11.2. The van der Waals surface area contributed by atoms with E-state index in [1.165, 1.54) is 5.56 Å². The number of amidine groups is 1. The Morgan fingerprint density at radius 3 is 2.44 bits per heavy atom. The van der Waals surface area contributed by atoms with Crippen LogP contribution in [0.4, 0.5) is 5.95 Å². The fourth-order valence-corrected chi connectivity index (χ4v) is 4.90. The summed E-state index contributed by atoms with van der Waals surface area (Å²) in [5.74, 6) is 2.64. The Bertz CT molecular complexity index is 952. The van der Waals surface area contributed by atoms with Gasteiger partial charge in [-0.15, -0.1) is 0 Å². The van der Waals surface area contributed by atoms with E-state index < -0.39 is 0 Å². The summed E-state index contributed by atoms with van der Waals surface area (Å²) in [7, 11) is 1.78. The van der Waals surface area contributed by atoms with Gasteiger partial charge in [-0.2, -0.15) is 5.10 Å². The van der Waals surface area contributed by atoms with Crippen LogP contribution in [-0.4, -0.2) is 60.0 Å². The topological polar surface area (TPSA) is 91.9 Å². The summed E-state index contributed by atoms with van der Waals surface area (Å²) in [6.45, 7) is 6.76. The van der Waals surface area contributed by atoms with Gasteiger partial charge in [0, 0.05) is 57.8 Å². The van der Waals surface area contributed by atoms with Crippen LogP contribution in [0.1, 0.15) is 43.7 Å². The van der Waals surface area contributed by atoms with Crippen LogP contribution in [0.2, 0.25) is 5.02 Å². The van der Waals surface area contributed by atoms with Gasteiger partial charge in [0.05, 0.1) is 5.02 Å². The molecular formula is C25H36ClN7O. The molecule has 2 saturated heterocycles. The highest BCUT2D eigenvalue weighted by Gasteiger charge is 2.24. The third kappa shape index (κ3) is 6.30. The number of likely N-dealkylation sites (tertiary alicyclic amines) is 1. The van der Waals surface area contributed by atoms with Gasteiger partial charge in [-0.05, 0) is 55.6 Å². The number of rotatable bonds is 8. The minimum Gasteiger partial charge on any atom is -0.489 e. The molecule has 184 valence electrons. The van der Waals surface area contributed by atoms with Crippen LogP contribution < -0.4 is 20.8 Å². The number of aryl methyl sites for hydroxylation is 1. The Kier molecular flexibility index (Phi) is 8.45. The first-order chi connectivity index (χ1) is 16.6. The highest BCUT2D eigenvalue weighted by atomic mass is 35.5. The Labute approximate surface area is 207 Å². The predicted octanol–water partition coefficient (Wildman–Crippen LogP) is 3.44. The maximum absolute atomic E-state index is 6.61. The van der Waals surface area contributed by atoms with Gasteiger partial charge in [-0.1, -0.05) is 24.6 Å². The number of nitrogens with zero attached hydrogens (tertiary/aromatic N) is 5. The van der Waals surface area contributed by atoms with Crippen LogP contribution in [0.25, 0.3) is 0 Å². The van der Waals surface area contributed by atoms with Crippen LogP contribution in [0.15, 0.2) is 35.7 Å². The average Bonchev–Trinajstić information content (AvgIpc) is 2.87. The molecule has 1 aromatic heterocycles. The second-order valence-corrected chi connectivity index (χ2v) is 9.53. The van der Waals surface area contributed by atoms with E-state index in [1.807, 2.05) is 24.5 Å². The molecule has 34 heavy (non-hydrogen) atoms. The molecule has 0 aliphatic carbocycles. The smallest absolute Gasteiger partial charge is 0.225 e. The highest BCUT2D eigenvalue weighted by Crippen LogP contribution is 2.30. The molecule has 0 amide bonds. The van der Waals surface area contributed by atoms with Crippen molar-refractivity contribution in [2.75, 3.05) is 38.1 Å². The molecule has 4 rings (SSSR count). The van der Waals surface area contributed by atoms with E-state index in [2.05, 4.69) is 43.3 Å². The van der Waals surface area contributed by atoms with Gasteiger partial charge in [0.2, 0.25) is 5.95 Å². The average molecular weight is 486 g/mol. The fourth-order valence-electron chi connectivity index (χ4n) is 4.65. The summed E-state index contributed by atoms with van der Waals surface area (Å²) in [6.07, 6.45) is 8.84. The van der Waals surface area contributed by atoms with Crippen molar-refractivity contribution < 1.29 is 4.74 Å². The molecule has 1 aromatic carbocycles. The number of anilines is 1. The lowest BCUT2D eigenvalue weighted by Crippen LogP contribution is -2.39. The zero-order valence-electron chi connectivity index (χ0n) is 20.2. The number of nitrogens with two attached hydrogens (primary N) is 1. The molecule has 0 atom stereocenters. The maximum Gasteiger partial charge on any atom is 0.225 e. The summed E-state index contributed by atoms with van der Waals surface area (Å²) in [5, 5.41) is 4.82. The van der Waals surface area contributed by atoms with E-state index in [-0.39, 0.29) is 6.10 Å². The molecule has 2 fully saturated rings. The third-order valence-corrected chi connectivity index (χ3v) is 7.06. The molecule has 0 saturated carbocycles. The lowest BCUT2D eigenvalue weighted by Gasteiger charge is -2.32. The van der Waals surface area contributed by atoms with Gasteiger partial charge >= 0.3 is 0 Å². The molecule has 3 heterocycles. The molecular weight excluding hydrogens is 450 g/mol. The van der Waals surface area contributed by atoms with Gasteiger partial charge < -0.3 is 20.8 Å². The van der Waals surface area contributed by atoms with Gasteiger partial charge in [-0.3, -0.25) is 4.90 Å². The standard InChI is InChI=1S/C25H36ClN7O/c1-3-18-15-29-25(30-16-18)33-12-8-21(9-13-33)34-23-5-4-19(14-22(23)26)17-32-10-6-20(7-11-32)24(27)31-28-2/h4-5,14-16,20-21,28H,3,6-13,17H2,1-2H3,(H2,27,31). The minimum atomic E-state index is 0.151. The number of hydrogen-bond acceptors (Lipinski definition) is 7. The molecule has 2 aromatic rings. The summed E-state index contributed by atoms with van der Waals surface area (Å²) >= 11 is 6.61. The number of hydrazone groups is 1. The van der Waals surface area contributed by atoms with Crippen LogP contribution >= 0.6 is 11.6 Å². The zero-order valence-corrected chi connectivity index (χ0v) is 21.0. The first-order valence-electron chi connectivity index (χ1n) is 12.3.